The highest BCUT2D eigenvalue weighted by Crippen LogP contribution is 2.11. The van der Waals surface area contributed by atoms with Crippen LogP contribution in [0.3, 0.4) is 0 Å². The highest BCUT2D eigenvalue weighted by atomic mass is 16.2. The zero-order valence-electron chi connectivity index (χ0n) is 8.45. The SMILES string of the molecule is C=CCN1C(=O)CNC(=O)C1CCC. The Morgan fingerprint density at radius 1 is 1.64 bits per heavy atom. The van der Waals surface area contributed by atoms with Gasteiger partial charge in [0, 0.05) is 6.54 Å². The van der Waals surface area contributed by atoms with Gasteiger partial charge in [-0.05, 0) is 6.42 Å². The van der Waals surface area contributed by atoms with Gasteiger partial charge in [-0.15, -0.1) is 6.58 Å². The Morgan fingerprint density at radius 2 is 2.36 bits per heavy atom. The van der Waals surface area contributed by atoms with E-state index in [2.05, 4.69) is 11.9 Å². The average molecular weight is 196 g/mol. The molecule has 4 heteroatoms. The Balaban J connectivity index is 2.74. The lowest BCUT2D eigenvalue weighted by molar-refractivity contribution is -0.145. The van der Waals surface area contributed by atoms with Crippen LogP contribution < -0.4 is 5.32 Å². The Morgan fingerprint density at radius 3 is 2.93 bits per heavy atom. The Bertz CT molecular complexity index is 251. The molecule has 1 atom stereocenters. The van der Waals surface area contributed by atoms with E-state index in [9.17, 15) is 9.59 Å². The summed E-state index contributed by atoms with van der Waals surface area (Å²) in [5.41, 5.74) is 0. The summed E-state index contributed by atoms with van der Waals surface area (Å²) in [6.45, 7) is 6.15. The minimum absolute atomic E-state index is 0.0250. The molecule has 4 nitrogen and oxygen atoms in total. The highest BCUT2D eigenvalue weighted by Gasteiger charge is 2.32. The predicted molar refractivity (Wildman–Crippen MR) is 53.6 cm³/mol. The summed E-state index contributed by atoms with van der Waals surface area (Å²) in [5, 5.41) is 2.59. The fourth-order valence-corrected chi connectivity index (χ4v) is 1.63. The van der Waals surface area contributed by atoms with Crippen molar-refractivity contribution in [1.82, 2.24) is 10.2 Å². The zero-order valence-corrected chi connectivity index (χ0v) is 8.45. The number of nitrogens with zero attached hydrogens (tertiary/aromatic N) is 1. The van der Waals surface area contributed by atoms with Gasteiger partial charge in [-0.25, -0.2) is 0 Å². The maximum atomic E-state index is 11.5. The lowest BCUT2D eigenvalue weighted by Gasteiger charge is -2.34. The third-order valence-corrected chi connectivity index (χ3v) is 2.30. The molecule has 1 aliphatic heterocycles. The van der Waals surface area contributed by atoms with Crippen LogP contribution in [0.1, 0.15) is 19.8 Å². The first-order valence-electron chi connectivity index (χ1n) is 4.88. The molecule has 1 saturated heterocycles. The lowest BCUT2D eigenvalue weighted by Crippen LogP contribution is -2.58. The van der Waals surface area contributed by atoms with Gasteiger partial charge < -0.3 is 10.2 Å². The molecular weight excluding hydrogens is 180 g/mol. The number of carbonyl (C=O) groups is 2. The second kappa shape index (κ2) is 4.79. The summed E-state index contributed by atoms with van der Waals surface area (Å²) in [6, 6.07) is -0.306. The fraction of sp³-hybridized carbons (Fsp3) is 0.600. The van der Waals surface area contributed by atoms with Crippen LogP contribution in [-0.4, -0.2) is 35.8 Å². The summed E-state index contributed by atoms with van der Waals surface area (Å²) in [6.07, 6.45) is 3.25. The molecule has 1 aliphatic rings. The number of amides is 2. The van der Waals surface area contributed by atoms with Crippen LogP contribution in [0.15, 0.2) is 12.7 Å². The van der Waals surface area contributed by atoms with Crippen molar-refractivity contribution in [2.45, 2.75) is 25.8 Å². The third kappa shape index (κ3) is 2.13. The van der Waals surface area contributed by atoms with E-state index in [0.29, 0.717) is 13.0 Å². The van der Waals surface area contributed by atoms with Crippen molar-refractivity contribution in [3.63, 3.8) is 0 Å². The van der Waals surface area contributed by atoms with E-state index in [1.54, 1.807) is 11.0 Å². The molecule has 1 fully saturated rings. The summed E-state index contributed by atoms with van der Waals surface area (Å²) in [4.78, 5) is 24.5. The van der Waals surface area contributed by atoms with Gasteiger partial charge in [-0.2, -0.15) is 0 Å². The average Bonchev–Trinajstić information content (AvgIpc) is 2.17. The predicted octanol–water partition coefficient (Wildman–Crippen LogP) is 0.299. The van der Waals surface area contributed by atoms with Crippen molar-refractivity contribution in [3.8, 4) is 0 Å². The Kier molecular flexibility index (Phi) is 3.68. The van der Waals surface area contributed by atoms with Crippen molar-refractivity contribution >= 4 is 11.8 Å². The van der Waals surface area contributed by atoms with Gasteiger partial charge in [0.2, 0.25) is 11.8 Å². The second-order valence-corrected chi connectivity index (χ2v) is 3.36. The van der Waals surface area contributed by atoms with Gasteiger partial charge >= 0.3 is 0 Å². The van der Waals surface area contributed by atoms with E-state index in [4.69, 9.17) is 0 Å². The standard InChI is InChI=1S/C10H16N2O2/c1-3-5-8-10(14)11-7-9(13)12(8)6-4-2/h4,8H,2-3,5-7H2,1H3,(H,11,14). The molecule has 0 bridgehead atoms. The molecule has 0 aromatic carbocycles. The van der Waals surface area contributed by atoms with Gasteiger partial charge in [-0.1, -0.05) is 19.4 Å². The number of rotatable bonds is 4. The van der Waals surface area contributed by atoms with Crippen molar-refractivity contribution in [2.24, 2.45) is 0 Å². The summed E-state index contributed by atoms with van der Waals surface area (Å²) in [7, 11) is 0. The maximum absolute atomic E-state index is 11.5. The number of hydrogen-bond acceptors (Lipinski definition) is 2. The van der Waals surface area contributed by atoms with Gasteiger partial charge in [0.1, 0.15) is 6.04 Å². The normalized spacial score (nSPS) is 22.1. The third-order valence-electron chi connectivity index (χ3n) is 2.30. The van der Waals surface area contributed by atoms with Crippen molar-refractivity contribution in [1.29, 1.82) is 0 Å². The molecule has 14 heavy (non-hydrogen) atoms. The quantitative estimate of drug-likeness (QED) is 0.657. The number of hydrogen-bond donors (Lipinski definition) is 1. The van der Waals surface area contributed by atoms with Crippen molar-refractivity contribution in [3.05, 3.63) is 12.7 Å². The van der Waals surface area contributed by atoms with Crippen LogP contribution in [0, 0.1) is 0 Å². The van der Waals surface area contributed by atoms with Crippen LogP contribution >= 0.6 is 0 Å². The van der Waals surface area contributed by atoms with E-state index >= 15 is 0 Å². The summed E-state index contributed by atoms with van der Waals surface area (Å²) < 4.78 is 0. The van der Waals surface area contributed by atoms with E-state index in [-0.39, 0.29) is 24.4 Å². The van der Waals surface area contributed by atoms with Crippen LogP contribution in [0.5, 0.6) is 0 Å². The maximum Gasteiger partial charge on any atom is 0.243 e. The van der Waals surface area contributed by atoms with Crippen LogP contribution in [-0.2, 0) is 9.59 Å². The lowest BCUT2D eigenvalue weighted by atomic mass is 10.1. The smallest absolute Gasteiger partial charge is 0.243 e. The number of piperazine rings is 1. The Hall–Kier alpha value is -1.32. The molecule has 1 N–H and O–H groups in total. The molecule has 1 rings (SSSR count). The Labute approximate surface area is 84.0 Å². The first-order chi connectivity index (χ1) is 6.70. The molecule has 0 radical (unpaired) electrons. The summed E-state index contributed by atoms with van der Waals surface area (Å²) >= 11 is 0. The molecule has 0 aromatic heterocycles. The van der Waals surface area contributed by atoms with Gasteiger partial charge in [0.05, 0.1) is 6.54 Å². The first kappa shape index (κ1) is 10.8. The molecule has 0 aromatic rings. The van der Waals surface area contributed by atoms with Crippen LogP contribution in [0.25, 0.3) is 0 Å². The van der Waals surface area contributed by atoms with E-state index < -0.39 is 0 Å². The molecule has 0 spiro atoms. The molecule has 1 heterocycles. The molecule has 0 aliphatic carbocycles. The van der Waals surface area contributed by atoms with E-state index in [1.165, 1.54) is 0 Å². The zero-order chi connectivity index (χ0) is 10.6. The minimum Gasteiger partial charge on any atom is -0.345 e. The topological polar surface area (TPSA) is 49.4 Å². The minimum atomic E-state index is -0.306. The second-order valence-electron chi connectivity index (χ2n) is 3.36. The van der Waals surface area contributed by atoms with E-state index in [0.717, 1.165) is 6.42 Å². The van der Waals surface area contributed by atoms with Crippen molar-refractivity contribution < 1.29 is 9.59 Å². The van der Waals surface area contributed by atoms with Gasteiger partial charge in [-0.3, -0.25) is 9.59 Å². The molecule has 78 valence electrons. The monoisotopic (exact) mass is 196 g/mol. The highest BCUT2D eigenvalue weighted by molar-refractivity contribution is 5.94. The largest absolute Gasteiger partial charge is 0.345 e. The van der Waals surface area contributed by atoms with Gasteiger partial charge in [0.15, 0.2) is 0 Å². The number of carbonyl (C=O) groups excluding carboxylic acids is 2. The molecule has 0 saturated carbocycles. The fourth-order valence-electron chi connectivity index (χ4n) is 1.63. The molecular formula is C10H16N2O2. The molecule has 1 unspecified atom stereocenters. The van der Waals surface area contributed by atoms with Crippen LogP contribution in [0.4, 0.5) is 0 Å². The van der Waals surface area contributed by atoms with E-state index in [1.807, 2.05) is 6.92 Å². The first-order valence-corrected chi connectivity index (χ1v) is 4.88. The number of nitrogens with one attached hydrogen (secondary N) is 1. The van der Waals surface area contributed by atoms with Gasteiger partial charge in [0.25, 0.3) is 0 Å². The van der Waals surface area contributed by atoms with Crippen LogP contribution in [0.2, 0.25) is 0 Å². The molecule has 2 amide bonds. The summed E-state index contributed by atoms with van der Waals surface area (Å²) in [5.74, 6) is -0.0729. The van der Waals surface area contributed by atoms with Crippen molar-refractivity contribution in [2.75, 3.05) is 13.1 Å².